The van der Waals surface area contributed by atoms with Gasteiger partial charge in [0.05, 0.1) is 10.6 Å². The number of nitrogens with zero attached hydrogens (tertiary/aromatic N) is 3. The van der Waals surface area contributed by atoms with Crippen molar-refractivity contribution >= 4 is 29.3 Å². The SMILES string of the molecule is CC(=O)N1N=C(c2ccccc2Cl)OC1C(=O)NN1CCCC1. The first kappa shape index (κ1) is 15.8. The van der Waals surface area contributed by atoms with Crippen LogP contribution in [0.25, 0.3) is 0 Å². The Morgan fingerprint density at radius 2 is 2.00 bits per heavy atom. The number of benzene rings is 1. The summed E-state index contributed by atoms with van der Waals surface area (Å²) in [6.45, 7) is 2.91. The van der Waals surface area contributed by atoms with E-state index in [0.717, 1.165) is 30.9 Å². The van der Waals surface area contributed by atoms with E-state index in [9.17, 15) is 9.59 Å². The molecule has 1 aromatic carbocycles. The molecule has 2 aliphatic heterocycles. The van der Waals surface area contributed by atoms with Crippen LogP contribution in [0.2, 0.25) is 5.02 Å². The second kappa shape index (κ2) is 6.55. The third-order valence-electron chi connectivity index (χ3n) is 3.67. The summed E-state index contributed by atoms with van der Waals surface area (Å²) >= 11 is 6.12. The van der Waals surface area contributed by atoms with Gasteiger partial charge in [-0.25, -0.2) is 5.01 Å². The highest BCUT2D eigenvalue weighted by Gasteiger charge is 2.38. The van der Waals surface area contributed by atoms with E-state index in [-0.39, 0.29) is 11.8 Å². The van der Waals surface area contributed by atoms with E-state index in [0.29, 0.717) is 10.6 Å². The lowest BCUT2D eigenvalue weighted by Crippen LogP contribution is -2.50. The Labute approximate surface area is 138 Å². The van der Waals surface area contributed by atoms with Crippen molar-refractivity contribution in [2.24, 2.45) is 5.10 Å². The molecular formula is C15H17ClN4O3. The highest BCUT2D eigenvalue weighted by molar-refractivity contribution is 6.33. The van der Waals surface area contributed by atoms with Crippen molar-refractivity contribution in [2.75, 3.05) is 13.1 Å². The van der Waals surface area contributed by atoms with Crippen LogP contribution in [0.1, 0.15) is 25.3 Å². The van der Waals surface area contributed by atoms with E-state index in [1.54, 1.807) is 24.3 Å². The molecule has 3 rings (SSSR count). The normalized spacial score (nSPS) is 21.0. The Bertz CT molecular complexity index is 658. The number of hydrogen-bond acceptors (Lipinski definition) is 5. The molecule has 0 spiro atoms. The van der Waals surface area contributed by atoms with E-state index in [2.05, 4.69) is 10.5 Å². The molecule has 2 aliphatic rings. The van der Waals surface area contributed by atoms with Crippen molar-refractivity contribution in [1.82, 2.24) is 15.4 Å². The molecule has 8 heteroatoms. The summed E-state index contributed by atoms with van der Waals surface area (Å²) in [5, 5.41) is 7.40. The van der Waals surface area contributed by atoms with Crippen LogP contribution in [-0.4, -0.2) is 47.0 Å². The third kappa shape index (κ3) is 3.30. The lowest BCUT2D eigenvalue weighted by atomic mass is 10.2. The summed E-state index contributed by atoms with van der Waals surface area (Å²) in [5.74, 6) is -0.645. The fraction of sp³-hybridized carbons (Fsp3) is 0.400. The van der Waals surface area contributed by atoms with E-state index in [4.69, 9.17) is 16.3 Å². The molecule has 1 fully saturated rings. The lowest BCUT2D eigenvalue weighted by Gasteiger charge is -2.22. The van der Waals surface area contributed by atoms with Crippen LogP contribution in [0.3, 0.4) is 0 Å². The average molecular weight is 337 g/mol. The Kier molecular flexibility index (Phi) is 4.49. The molecule has 1 saturated heterocycles. The monoisotopic (exact) mass is 336 g/mol. The second-order valence-corrected chi connectivity index (χ2v) is 5.80. The van der Waals surface area contributed by atoms with E-state index >= 15 is 0 Å². The predicted molar refractivity (Wildman–Crippen MR) is 84.3 cm³/mol. The van der Waals surface area contributed by atoms with Gasteiger partial charge in [0.2, 0.25) is 11.8 Å². The van der Waals surface area contributed by atoms with Crippen molar-refractivity contribution in [3.05, 3.63) is 34.9 Å². The maximum absolute atomic E-state index is 12.4. The molecule has 122 valence electrons. The summed E-state index contributed by atoms with van der Waals surface area (Å²) in [6.07, 6.45) is 0.937. The Morgan fingerprint density at radius 1 is 1.30 bits per heavy atom. The minimum atomic E-state index is -1.13. The standard InChI is InChI=1S/C15H17ClN4O3/c1-10(21)20-15(13(22)17-19-8-4-5-9-19)23-14(18-20)11-6-2-3-7-12(11)16/h2-3,6-7,15H,4-5,8-9H2,1H3,(H,17,22). The number of hydrazine groups is 1. The molecule has 2 heterocycles. The summed E-state index contributed by atoms with van der Waals surface area (Å²) < 4.78 is 5.61. The average Bonchev–Trinajstić information content (AvgIpc) is 3.16. The van der Waals surface area contributed by atoms with Gasteiger partial charge >= 0.3 is 0 Å². The van der Waals surface area contributed by atoms with Crippen LogP contribution in [0.5, 0.6) is 0 Å². The molecule has 2 amide bonds. The van der Waals surface area contributed by atoms with Gasteiger partial charge in [-0.05, 0) is 25.0 Å². The van der Waals surface area contributed by atoms with Crippen molar-refractivity contribution in [1.29, 1.82) is 0 Å². The molecular weight excluding hydrogens is 320 g/mol. The van der Waals surface area contributed by atoms with E-state index in [1.165, 1.54) is 6.92 Å². The van der Waals surface area contributed by atoms with Crippen LogP contribution >= 0.6 is 11.6 Å². The number of rotatable bonds is 3. The largest absolute Gasteiger partial charge is 0.440 e. The number of hydrogen-bond donors (Lipinski definition) is 1. The van der Waals surface area contributed by atoms with Gasteiger partial charge in [0.15, 0.2) is 0 Å². The second-order valence-electron chi connectivity index (χ2n) is 5.39. The summed E-state index contributed by atoms with van der Waals surface area (Å²) in [6, 6.07) is 6.98. The molecule has 1 N–H and O–H groups in total. The lowest BCUT2D eigenvalue weighted by molar-refractivity contribution is -0.149. The first-order valence-electron chi connectivity index (χ1n) is 7.41. The third-order valence-corrected chi connectivity index (χ3v) is 4.00. The molecule has 0 radical (unpaired) electrons. The fourth-order valence-electron chi connectivity index (χ4n) is 2.52. The first-order chi connectivity index (χ1) is 11.1. The van der Waals surface area contributed by atoms with Gasteiger partial charge in [-0.2, -0.15) is 5.01 Å². The van der Waals surface area contributed by atoms with Gasteiger partial charge < -0.3 is 4.74 Å². The maximum Gasteiger partial charge on any atom is 0.298 e. The van der Waals surface area contributed by atoms with E-state index in [1.807, 2.05) is 5.01 Å². The van der Waals surface area contributed by atoms with Gasteiger partial charge in [0, 0.05) is 20.0 Å². The maximum atomic E-state index is 12.4. The topological polar surface area (TPSA) is 74.2 Å². The molecule has 0 saturated carbocycles. The Morgan fingerprint density at radius 3 is 2.65 bits per heavy atom. The van der Waals surface area contributed by atoms with Gasteiger partial charge in [-0.15, -0.1) is 5.10 Å². The zero-order valence-electron chi connectivity index (χ0n) is 12.7. The Hall–Kier alpha value is -2.12. The summed E-state index contributed by atoms with van der Waals surface area (Å²) in [7, 11) is 0. The van der Waals surface area contributed by atoms with Crippen LogP contribution in [0.4, 0.5) is 0 Å². The number of carbonyl (C=O) groups excluding carboxylic acids is 2. The van der Waals surface area contributed by atoms with Gasteiger partial charge in [0.1, 0.15) is 0 Å². The van der Waals surface area contributed by atoms with Crippen molar-refractivity contribution in [3.63, 3.8) is 0 Å². The van der Waals surface area contributed by atoms with Crippen molar-refractivity contribution in [2.45, 2.75) is 26.0 Å². The van der Waals surface area contributed by atoms with Crippen molar-refractivity contribution < 1.29 is 14.3 Å². The Balaban J connectivity index is 1.78. The summed E-state index contributed by atoms with van der Waals surface area (Å²) in [5.41, 5.74) is 3.30. The zero-order valence-corrected chi connectivity index (χ0v) is 13.4. The first-order valence-corrected chi connectivity index (χ1v) is 7.79. The van der Waals surface area contributed by atoms with Gasteiger partial charge in [-0.3, -0.25) is 15.0 Å². The minimum Gasteiger partial charge on any atom is -0.440 e. The molecule has 0 aliphatic carbocycles. The number of carbonyl (C=O) groups is 2. The number of amides is 2. The quantitative estimate of drug-likeness (QED) is 0.903. The molecule has 1 unspecified atom stereocenters. The van der Waals surface area contributed by atoms with Crippen molar-refractivity contribution in [3.8, 4) is 0 Å². The summed E-state index contributed by atoms with van der Waals surface area (Å²) in [4.78, 5) is 24.2. The molecule has 1 atom stereocenters. The zero-order chi connectivity index (χ0) is 16.4. The fourth-order valence-corrected chi connectivity index (χ4v) is 2.74. The smallest absolute Gasteiger partial charge is 0.298 e. The van der Waals surface area contributed by atoms with Gasteiger partial charge in [0.25, 0.3) is 12.1 Å². The molecule has 0 bridgehead atoms. The molecule has 1 aromatic rings. The van der Waals surface area contributed by atoms with Crippen LogP contribution < -0.4 is 5.43 Å². The van der Waals surface area contributed by atoms with Crippen LogP contribution in [-0.2, 0) is 14.3 Å². The van der Waals surface area contributed by atoms with Gasteiger partial charge in [-0.1, -0.05) is 23.7 Å². The number of ether oxygens (including phenoxy) is 1. The molecule has 7 nitrogen and oxygen atoms in total. The number of halogens is 1. The highest BCUT2D eigenvalue weighted by atomic mass is 35.5. The predicted octanol–water partition coefficient (Wildman–Crippen LogP) is 1.33. The van der Waals surface area contributed by atoms with Crippen LogP contribution in [0.15, 0.2) is 29.4 Å². The minimum absolute atomic E-state index is 0.160. The molecule has 0 aromatic heterocycles. The number of hydrazone groups is 1. The van der Waals surface area contributed by atoms with E-state index < -0.39 is 12.1 Å². The molecule has 23 heavy (non-hydrogen) atoms. The highest BCUT2D eigenvalue weighted by Crippen LogP contribution is 2.23. The van der Waals surface area contributed by atoms with Crippen LogP contribution in [0, 0.1) is 0 Å². The number of nitrogens with one attached hydrogen (secondary N) is 1.